The van der Waals surface area contributed by atoms with Crippen molar-refractivity contribution in [2.75, 3.05) is 12.3 Å². The van der Waals surface area contributed by atoms with Crippen molar-refractivity contribution >= 4 is 23.2 Å². The number of hydrogen-bond donors (Lipinski definition) is 2. The first kappa shape index (κ1) is 12.2. The minimum Gasteiger partial charge on any atom is -0.397 e. The zero-order chi connectivity index (χ0) is 12.6. The fourth-order valence-corrected chi connectivity index (χ4v) is 2.15. The van der Waals surface area contributed by atoms with Gasteiger partial charge in [-0.3, -0.25) is 4.79 Å². The lowest BCUT2D eigenvalue weighted by Gasteiger charge is -2.09. The summed E-state index contributed by atoms with van der Waals surface area (Å²) in [7, 11) is 0. The Morgan fingerprint density at radius 3 is 2.82 bits per heavy atom. The van der Waals surface area contributed by atoms with E-state index in [-0.39, 0.29) is 5.91 Å². The van der Waals surface area contributed by atoms with Crippen molar-refractivity contribution in [3.8, 4) is 0 Å². The molecule has 1 amide bonds. The summed E-state index contributed by atoms with van der Waals surface area (Å²) in [5, 5.41) is 3.33. The topological polar surface area (TPSA) is 55.1 Å². The average molecular weight is 253 g/mol. The zero-order valence-corrected chi connectivity index (χ0v) is 10.8. The minimum absolute atomic E-state index is 0.146. The molecule has 1 aliphatic carbocycles. The maximum Gasteiger partial charge on any atom is 0.253 e. The van der Waals surface area contributed by atoms with E-state index >= 15 is 0 Å². The van der Waals surface area contributed by atoms with Gasteiger partial charge in [0.2, 0.25) is 0 Å². The minimum atomic E-state index is -0.146. The highest BCUT2D eigenvalue weighted by molar-refractivity contribution is 6.33. The average Bonchev–Trinajstić information content (AvgIpc) is 2.87. The van der Waals surface area contributed by atoms with Crippen LogP contribution in [-0.2, 0) is 0 Å². The summed E-state index contributed by atoms with van der Waals surface area (Å²) < 4.78 is 0. The molecule has 1 saturated carbocycles. The molecule has 1 aliphatic rings. The highest BCUT2D eigenvalue weighted by atomic mass is 35.5. The van der Waals surface area contributed by atoms with Gasteiger partial charge >= 0.3 is 0 Å². The lowest BCUT2D eigenvalue weighted by Crippen LogP contribution is -2.27. The molecule has 0 heterocycles. The molecule has 3 N–H and O–H groups in total. The van der Waals surface area contributed by atoms with Crippen LogP contribution in [0.25, 0.3) is 0 Å². The number of benzene rings is 1. The number of anilines is 1. The van der Waals surface area contributed by atoms with E-state index < -0.39 is 0 Å². The van der Waals surface area contributed by atoms with Crippen molar-refractivity contribution < 1.29 is 4.79 Å². The summed E-state index contributed by atoms with van der Waals surface area (Å²) in [6.45, 7) is 5.12. The number of rotatable bonds is 3. The van der Waals surface area contributed by atoms with Gasteiger partial charge in [-0.25, -0.2) is 0 Å². The van der Waals surface area contributed by atoms with Crippen LogP contribution in [0.15, 0.2) is 18.2 Å². The number of amides is 1. The first-order valence-corrected chi connectivity index (χ1v) is 6.12. The molecule has 0 radical (unpaired) electrons. The van der Waals surface area contributed by atoms with Gasteiger partial charge < -0.3 is 11.1 Å². The van der Waals surface area contributed by atoms with Crippen LogP contribution in [-0.4, -0.2) is 12.5 Å². The van der Waals surface area contributed by atoms with Gasteiger partial charge in [0.1, 0.15) is 0 Å². The highest BCUT2D eigenvalue weighted by Gasteiger charge is 2.45. The highest BCUT2D eigenvalue weighted by Crippen LogP contribution is 2.51. The van der Waals surface area contributed by atoms with E-state index in [1.807, 2.05) is 0 Å². The molecule has 1 aromatic carbocycles. The lowest BCUT2D eigenvalue weighted by atomic mass is 10.1. The van der Waals surface area contributed by atoms with Crippen LogP contribution >= 0.6 is 11.6 Å². The number of carbonyl (C=O) groups excluding carboxylic acids is 1. The normalized spacial score (nSPS) is 21.0. The van der Waals surface area contributed by atoms with Crippen molar-refractivity contribution in [2.24, 2.45) is 11.3 Å². The van der Waals surface area contributed by atoms with E-state index in [1.165, 1.54) is 0 Å². The summed E-state index contributed by atoms with van der Waals surface area (Å²) in [5.41, 5.74) is 6.94. The summed E-state index contributed by atoms with van der Waals surface area (Å²) in [6, 6.07) is 5.10. The summed E-state index contributed by atoms with van der Waals surface area (Å²) >= 11 is 5.87. The lowest BCUT2D eigenvalue weighted by molar-refractivity contribution is 0.0951. The molecule has 0 bridgehead atoms. The summed E-state index contributed by atoms with van der Waals surface area (Å²) in [6.07, 6.45) is 1.16. The van der Waals surface area contributed by atoms with E-state index in [0.717, 1.165) is 6.42 Å². The predicted molar refractivity (Wildman–Crippen MR) is 70.1 cm³/mol. The number of nitrogens with one attached hydrogen (secondary N) is 1. The van der Waals surface area contributed by atoms with Crippen LogP contribution in [0.5, 0.6) is 0 Å². The van der Waals surface area contributed by atoms with Gasteiger partial charge in [-0.05, 0) is 29.9 Å². The number of nitrogen functional groups attached to an aromatic ring is 1. The van der Waals surface area contributed by atoms with Gasteiger partial charge in [-0.1, -0.05) is 31.5 Å². The predicted octanol–water partition coefficient (Wildman–Crippen LogP) is 2.70. The van der Waals surface area contributed by atoms with Crippen molar-refractivity contribution in [3.05, 3.63) is 28.8 Å². The molecule has 0 spiro atoms. The van der Waals surface area contributed by atoms with Crippen LogP contribution in [0.2, 0.25) is 5.02 Å². The van der Waals surface area contributed by atoms with Gasteiger partial charge in [0.25, 0.3) is 5.91 Å². The van der Waals surface area contributed by atoms with Crippen LogP contribution in [0.3, 0.4) is 0 Å². The molecule has 3 nitrogen and oxygen atoms in total. The van der Waals surface area contributed by atoms with E-state index in [2.05, 4.69) is 19.2 Å². The molecule has 1 fully saturated rings. The molecule has 4 heteroatoms. The third-order valence-corrected chi connectivity index (χ3v) is 3.85. The molecule has 0 aromatic heterocycles. The van der Waals surface area contributed by atoms with E-state index in [1.54, 1.807) is 18.2 Å². The molecule has 92 valence electrons. The number of nitrogens with two attached hydrogens (primary N) is 1. The van der Waals surface area contributed by atoms with Crippen molar-refractivity contribution in [2.45, 2.75) is 20.3 Å². The first-order chi connectivity index (χ1) is 7.92. The zero-order valence-electron chi connectivity index (χ0n) is 10.1. The Morgan fingerprint density at radius 1 is 1.59 bits per heavy atom. The van der Waals surface area contributed by atoms with E-state index in [4.69, 9.17) is 17.3 Å². The van der Waals surface area contributed by atoms with E-state index in [0.29, 0.717) is 34.2 Å². The molecule has 0 aliphatic heterocycles. The Labute approximate surface area is 106 Å². The molecule has 0 saturated heterocycles. The second-order valence-electron chi connectivity index (χ2n) is 5.30. The quantitative estimate of drug-likeness (QED) is 0.813. The molecule has 2 rings (SSSR count). The number of para-hydroxylation sites is 1. The number of halogens is 1. The van der Waals surface area contributed by atoms with Crippen molar-refractivity contribution in [3.63, 3.8) is 0 Å². The van der Waals surface area contributed by atoms with Gasteiger partial charge in [-0.2, -0.15) is 0 Å². The molecule has 1 unspecified atom stereocenters. The van der Waals surface area contributed by atoms with Crippen LogP contribution in [0.1, 0.15) is 30.6 Å². The van der Waals surface area contributed by atoms with Crippen molar-refractivity contribution in [1.29, 1.82) is 0 Å². The second-order valence-corrected chi connectivity index (χ2v) is 5.71. The Balaban J connectivity index is 1.98. The van der Waals surface area contributed by atoms with Crippen LogP contribution < -0.4 is 11.1 Å². The number of carbonyl (C=O) groups is 1. The van der Waals surface area contributed by atoms with Crippen LogP contribution in [0.4, 0.5) is 5.69 Å². The maximum atomic E-state index is 11.9. The third kappa shape index (κ3) is 2.55. The van der Waals surface area contributed by atoms with Gasteiger partial charge in [0.15, 0.2) is 0 Å². The SMILES string of the molecule is CC1(C)CC1CNC(=O)c1cccc(Cl)c1N. The Bertz CT molecular complexity index is 457. The molecule has 1 aromatic rings. The third-order valence-electron chi connectivity index (χ3n) is 3.52. The molecular weight excluding hydrogens is 236 g/mol. The standard InChI is InChI=1S/C13H17ClN2O/c1-13(2)6-8(13)7-16-12(17)9-4-3-5-10(14)11(9)15/h3-5,8H,6-7,15H2,1-2H3,(H,16,17). The van der Waals surface area contributed by atoms with Crippen LogP contribution in [0, 0.1) is 11.3 Å². The Hall–Kier alpha value is -1.22. The summed E-state index contributed by atoms with van der Waals surface area (Å²) in [4.78, 5) is 11.9. The van der Waals surface area contributed by atoms with Gasteiger partial charge in [0.05, 0.1) is 16.3 Å². The maximum absolute atomic E-state index is 11.9. The largest absolute Gasteiger partial charge is 0.397 e. The van der Waals surface area contributed by atoms with Gasteiger partial charge in [0, 0.05) is 6.54 Å². The summed E-state index contributed by atoms with van der Waals surface area (Å²) in [5.74, 6) is 0.430. The second kappa shape index (κ2) is 4.22. The fourth-order valence-electron chi connectivity index (χ4n) is 1.97. The first-order valence-electron chi connectivity index (χ1n) is 5.74. The van der Waals surface area contributed by atoms with Crippen molar-refractivity contribution in [1.82, 2.24) is 5.32 Å². The smallest absolute Gasteiger partial charge is 0.253 e. The monoisotopic (exact) mass is 252 g/mol. The fraction of sp³-hybridized carbons (Fsp3) is 0.462. The molecule has 17 heavy (non-hydrogen) atoms. The molecular formula is C13H17ClN2O. The molecule has 1 atom stereocenters. The Kier molecular flexibility index (Phi) is 3.04. The van der Waals surface area contributed by atoms with E-state index in [9.17, 15) is 4.79 Å². The number of hydrogen-bond acceptors (Lipinski definition) is 2. The Morgan fingerprint density at radius 2 is 2.24 bits per heavy atom. The van der Waals surface area contributed by atoms with Gasteiger partial charge in [-0.15, -0.1) is 0 Å².